The van der Waals surface area contributed by atoms with Crippen LogP contribution in [0, 0.1) is 25.7 Å². The quantitative estimate of drug-likeness (QED) is 0.714. The molecule has 2 N–H and O–H groups in total. The average molecular weight is 399 g/mol. The van der Waals surface area contributed by atoms with Gasteiger partial charge < -0.3 is 15.1 Å². The van der Waals surface area contributed by atoms with Crippen LogP contribution in [0.2, 0.25) is 0 Å². The molecule has 0 bridgehead atoms. The number of amides is 4. The molecule has 1 aromatic carbocycles. The summed E-state index contributed by atoms with van der Waals surface area (Å²) in [6.45, 7) is 10.2. The number of piperazine rings is 1. The third-order valence-corrected chi connectivity index (χ3v) is 6.52. The van der Waals surface area contributed by atoms with Gasteiger partial charge in [0.2, 0.25) is 11.8 Å². The first-order valence-corrected chi connectivity index (χ1v) is 10.3. The molecule has 1 aromatic rings. The first kappa shape index (κ1) is 19.7. The highest BCUT2D eigenvalue weighted by atomic mass is 16.2. The number of benzene rings is 1. The van der Waals surface area contributed by atoms with E-state index >= 15 is 0 Å². The number of hydrogen-bond acceptors (Lipinski definition) is 5. The van der Waals surface area contributed by atoms with Crippen molar-refractivity contribution in [2.24, 2.45) is 11.8 Å². The van der Waals surface area contributed by atoms with E-state index in [2.05, 4.69) is 52.5 Å². The van der Waals surface area contributed by atoms with E-state index < -0.39 is 0 Å². The molecule has 0 aliphatic carbocycles. The number of aryl methyl sites for hydroxylation is 1. The molecule has 4 amide bonds. The maximum atomic E-state index is 12.4. The molecule has 0 spiro atoms. The van der Waals surface area contributed by atoms with Crippen LogP contribution >= 0.6 is 0 Å². The van der Waals surface area contributed by atoms with Gasteiger partial charge in [-0.3, -0.25) is 19.8 Å². The van der Waals surface area contributed by atoms with E-state index in [1.807, 2.05) is 0 Å². The Morgan fingerprint density at radius 3 is 2.38 bits per heavy atom. The molecule has 0 radical (unpaired) electrons. The second-order valence-electron chi connectivity index (χ2n) is 8.25. The highest BCUT2D eigenvalue weighted by Gasteiger charge is 2.48. The van der Waals surface area contributed by atoms with Crippen LogP contribution in [0.3, 0.4) is 0 Å². The minimum atomic E-state index is -0.383. The first-order valence-electron chi connectivity index (χ1n) is 10.3. The Kier molecular flexibility index (Phi) is 5.45. The zero-order valence-electron chi connectivity index (χ0n) is 17.1. The van der Waals surface area contributed by atoms with E-state index in [1.165, 1.54) is 16.8 Å². The summed E-state index contributed by atoms with van der Waals surface area (Å²) < 4.78 is 0. The number of imide groups is 1. The number of nitrogens with one attached hydrogen (secondary N) is 2. The van der Waals surface area contributed by atoms with Crippen molar-refractivity contribution in [2.75, 3.05) is 57.3 Å². The van der Waals surface area contributed by atoms with E-state index in [0.717, 1.165) is 32.7 Å². The third-order valence-electron chi connectivity index (χ3n) is 6.52. The molecule has 4 rings (SSSR count). The molecule has 3 heterocycles. The summed E-state index contributed by atoms with van der Waals surface area (Å²) in [4.78, 5) is 42.2. The molecular weight excluding hydrogens is 370 g/mol. The molecule has 3 aliphatic heterocycles. The number of nitrogens with zero attached hydrogens (tertiary/aromatic N) is 3. The number of carbonyl (C=O) groups is 3. The monoisotopic (exact) mass is 399 g/mol. The van der Waals surface area contributed by atoms with Gasteiger partial charge in [-0.05, 0) is 31.0 Å². The predicted molar refractivity (Wildman–Crippen MR) is 110 cm³/mol. The van der Waals surface area contributed by atoms with E-state index in [4.69, 9.17) is 0 Å². The number of hydrogen-bond donors (Lipinski definition) is 2. The van der Waals surface area contributed by atoms with Crippen molar-refractivity contribution in [2.45, 2.75) is 13.8 Å². The molecule has 2 atom stereocenters. The van der Waals surface area contributed by atoms with E-state index in [0.29, 0.717) is 19.6 Å². The lowest BCUT2D eigenvalue weighted by atomic mass is 10.00. The van der Waals surface area contributed by atoms with Gasteiger partial charge >= 0.3 is 6.03 Å². The van der Waals surface area contributed by atoms with Gasteiger partial charge in [-0.25, -0.2) is 4.79 Å². The molecule has 8 heteroatoms. The summed E-state index contributed by atoms with van der Waals surface area (Å²) in [5, 5.41) is 5.28. The number of anilines is 1. The molecular formula is C21H29N5O3. The molecule has 3 fully saturated rings. The van der Waals surface area contributed by atoms with Crippen LogP contribution in [0.25, 0.3) is 0 Å². The molecule has 0 saturated carbocycles. The smallest absolute Gasteiger partial charge is 0.317 e. The van der Waals surface area contributed by atoms with Crippen molar-refractivity contribution in [1.29, 1.82) is 0 Å². The molecule has 0 unspecified atom stereocenters. The van der Waals surface area contributed by atoms with Crippen LogP contribution in [0.15, 0.2) is 18.2 Å². The summed E-state index contributed by atoms with van der Waals surface area (Å²) in [6.07, 6.45) is 0. The summed E-state index contributed by atoms with van der Waals surface area (Å²) in [7, 11) is 0. The van der Waals surface area contributed by atoms with Crippen LogP contribution in [0.4, 0.5) is 10.5 Å². The van der Waals surface area contributed by atoms with Gasteiger partial charge in [0.05, 0.1) is 11.8 Å². The molecule has 29 heavy (non-hydrogen) atoms. The van der Waals surface area contributed by atoms with Crippen LogP contribution in [-0.2, 0) is 9.59 Å². The number of rotatable bonds is 4. The fourth-order valence-electron chi connectivity index (χ4n) is 4.53. The van der Waals surface area contributed by atoms with Gasteiger partial charge in [0.1, 0.15) is 0 Å². The lowest BCUT2D eigenvalue weighted by Crippen LogP contribution is -2.49. The Bertz CT molecular complexity index is 797. The minimum absolute atomic E-state index is 0.186. The number of carbonyl (C=O) groups excluding carboxylic acids is 3. The second kappa shape index (κ2) is 8.02. The Hall–Kier alpha value is -2.61. The number of fused-ring (bicyclic) bond motifs is 1. The predicted octanol–water partition coefficient (Wildman–Crippen LogP) is 0.339. The molecule has 156 valence electrons. The highest BCUT2D eigenvalue weighted by molar-refractivity contribution is 6.06. The maximum absolute atomic E-state index is 12.4. The molecule has 3 aliphatic rings. The van der Waals surface area contributed by atoms with Crippen LogP contribution in [0.1, 0.15) is 11.1 Å². The number of urea groups is 1. The SMILES string of the molecule is Cc1cccc(N2CCN(CCNC(=O)N3C[C@@H]4C(=O)NC(=O)[C@@H]4C3)CC2)c1C. The Morgan fingerprint density at radius 2 is 1.72 bits per heavy atom. The van der Waals surface area contributed by atoms with Gasteiger partial charge in [-0.1, -0.05) is 12.1 Å². The topological polar surface area (TPSA) is 85.0 Å². The van der Waals surface area contributed by atoms with Gasteiger partial charge in [0.25, 0.3) is 0 Å². The van der Waals surface area contributed by atoms with Crippen molar-refractivity contribution >= 4 is 23.5 Å². The minimum Gasteiger partial charge on any atom is -0.369 e. The fourth-order valence-corrected chi connectivity index (χ4v) is 4.53. The van der Waals surface area contributed by atoms with Gasteiger partial charge in [-0.15, -0.1) is 0 Å². The Morgan fingerprint density at radius 1 is 1.07 bits per heavy atom. The molecule has 8 nitrogen and oxygen atoms in total. The van der Waals surface area contributed by atoms with Crippen LogP contribution < -0.4 is 15.5 Å². The van der Waals surface area contributed by atoms with Gasteiger partial charge in [0, 0.05) is 58.0 Å². The van der Waals surface area contributed by atoms with Crippen molar-refractivity contribution in [3.8, 4) is 0 Å². The molecule has 0 aromatic heterocycles. The van der Waals surface area contributed by atoms with Crippen molar-refractivity contribution in [3.05, 3.63) is 29.3 Å². The third kappa shape index (κ3) is 3.94. The largest absolute Gasteiger partial charge is 0.369 e. The summed E-state index contributed by atoms with van der Waals surface area (Å²) >= 11 is 0. The highest BCUT2D eigenvalue weighted by Crippen LogP contribution is 2.28. The summed E-state index contributed by atoms with van der Waals surface area (Å²) in [5.41, 5.74) is 3.98. The lowest BCUT2D eigenvalue weighted by Gasteiger charge is -2.37. The standard InChI is InChI=1S/C21H29N5O3/c1-14-4-3-5-18(15(14)2)25-10-8-24(9-11-25)7-6-22-21(29)26-12-16-17(13-26)20(28)23-19(16)27/h3-5,16-17H,6-13H2,1-2H3,(H,22,29)(H,23,27,28)/t16-,17+. The van der Waals surface area contributed by atoms with E-state index in [-0.39, 0.29) is 29.7 Å². The van der Waals surface area contributed by atoms with Crippen LogP contribution in [-0.4, -0.2) is 80.0 Å². The number of likely N-dealkylation sites (tertiary alicyclic amines) is 1. The van der Waals surface area contributed by atoms with E-state index in [9.17, 15) is 14.4 Å². The van der Waals surface area contributed by atoms with Gasteiger partial charge in [-0.2, -0.15) is 0 Å². The van der Waals surface area contributed by atoms with Crippen molar-refractivity contribution in [1.82, 2.24) is 20.4 Å². The van der Waals surface area contributed by atoms with Crippen LogP contribution in [0.5, 0.6) is 0 Å². The normalized spacial score (nSPS) is 24.6. The van der Waals surface area contributed by atoms with Crippen molar-refractivity contribution in [3.63, 3.8) is 0 Å². The lowest BCUT2D eigenvalue weighted by molar-refractivity contribution is -0.126. The Labute approximate surface area is 171 Å². The fraction of sp³-hybridized carbons (Fsp3) is 0.571. The summed E-state index contributed by atoms with van der Waals surface area (Å²) in [5.74, 6) is -1.27. The van der Waals surface area contributed by atoms with E-state index in [1.54, 1.807) is 4.90 Å². The van der Waals surface area contributed by atoms with Crippen molar-refractivity contribution < 1.29 is 14.4 Å². The second-order valence-corrected chi connectivity index (χ2v) is 8.25. The first-order chi connectivity index (χ1) is 13.9. The maximum Gasteiger partial charge on any atom is 0.317 e. The zero-order chi connectivity index (χ0) is 20.5. The zero-order valence-corrected chi connectivity index (χ0v) is 17.1. The average Bonchev–Trinajstić information content (AvgIpc) is 3.26. The molecule has 3 saturated heterocycles. The Balaban J connectivity index is 1.19. The van der Waals surface area contributed by atoms with Gasteiger partial charge in [0.15, 0.2) is 0 Å². The summed E-state index contributed by atoms with van der Waals surface area (Å²) in [6, 6.07) is 6.26.